The second kappa shape index (κ2) is 6.20. The molecule has 0 aliphatic carbocycles. The Labute approximate surface area is 119 Å². The van der Waals surface area contributed by atoms with E-state index in [0.717, 1.165) is 0 Å². The molecule has 1 radical (unpaired) electrons. The molecule has 1 heteroatoms. The Morgan fingerprint density at radius 2 is 1.21 bits per heavy atom. The molecule has 0 saturated heterocycles. The fourth-order valence-electron chi connectivity index (χ4n) is 2.91. The third-order valence-corrected chi connectivity index (χ3v) is 7.10. The predicted octanol–water partition coefficient (Wildman–Crippen LogP) is 3.88. The first-order valence-corrected chi connectivity index (χ1v) is 8.63. The molecular formula is C18H23Si. The maximum absolute atomic E-state index is 2.44. The van der Waals surface area contributed by atoms with Crippen LogP contribution in [-0.2, 0) is 0 Å². The number of benzene rings is 2. The molecule has 99 valence electrons. The van der Waals surface area contributed by atoms with E-state index in [-0.39, 0.29) is 0 Å². The SMILES string of the molecule is CCCC(C)(C)[Si](c1ccccc1)c1ccccc1. The average Bonchev–Trinajstić information content (AvgIpc) is 2.41. The Morgan fingerprint density at radius 1 is 0.789 bits per heavy atom. The summed E-state index contributed by atoms with van der Waals surface area (Å²) in [7, 11) is -0.739. The summed E-state index contributed by atoms with van der Waals surface area (Å²) in [6.45, 7) is 7.16. The summed E-state index contributed by atoms with van der Waals surface area (Å²) in [5, 5.41) is 3.43. The molecule has 2 aromatic rings. The van der Waals surface area contributed by atoms with E-state index in [1.807, 2.05) is 0 Å². The van der Waals surface area contributed by atoms with Crippen molar-refractivity contribution in [2.24, 2.45) is 0 Å². The molecule has 0 aliphatic heterocycles. The Morgan fingerprint density at radius 3 is 1.58 bits per heavy atom. The Balaban J connectivity index is 2.46. The number of rotatable bonds is 5. The molecule has 0 aromatic heterocycles. The summed E-state index contributed by atoms with van der Waals surface area (Å²) in [6, 6.07) is 22.1. The van der Waals surface area contributed by atoms with Gasteiger partial charge in [-0.2, -0.15) is 0 Å². The summed E-state index contributed by atoms with van der Waals surface area (Å²) in [5.41, 5.74) is 0. The van der Waals surface area contributed by atoms with E-state index in [0.29, 0.717) is 5.04 Å². The van der Waals surface area contributed by atoms with Crippen molar-refractivity contribution < 1.29 is 0 Å². The molecule has 0 amide bonds. The lowest BCUT2D eigenvalue weighted by Gasteiger charge is -2.33. The molecule has 0 saturated carbocycles. The first kappa shape index (κ1) is 14.1. The lowest BCUT2D eigenvalue weighted by Crippen LogP contribution is -2.49. The minimum Gasteiger partial charge on any atom is -0.0654 e. The first-order valence-electron chi connectivity index (χ1n) is 7.13. The maximum Gasteiger partial charge on any atom is 0.127 e. The van der Waals surface area contributed by atoms with E-state index < -0.39 is 8.80 Å². The molecule has 0 spiro atoms. The third kappa shape index (κ3) is 3.36. The van der Waals surface area contributed by atoms with Crippen LogP contribution >= 0.6 is 0 Å². The van der Waals surface area contributed by atoms with Crippen molar-refractivity contribution in [2.75, 3.05) is 0 Å². The van der Waals surface area contributed by atoms with Crippen LogP contribution in [0.2, 0.25) is 5.04 Å². The fraction of sp³-hybridized carbons (Fsp3) is 0.333. The highest BCUT2D eigenvalue weighted by molar-refractivity contribution is 6.87. The summed E-state index contributed by atoms with van der Waals surface area (Å²) in [6.07, 6.45) is 2.53. The van der Waals surface area contributed by atoms with Crippen LogP contribution in [0.1, 0.15) is 33.6 Å². The largest absolute Gasteiger partial charge is 0.127 e. The van der Waals surface area contributed by atoms with E-state index in [1.54, 1.807) is 0 Å². The Bertz CT molecular complexity index is 448. The topological polar surface area (TPSA) is 0 Å². The lowest BCUT2D eigenvalue weighted by atomic mass is 10.1. The third-order valence-electron chi connectivity index (χ3n) is 3.68. The van der Waals surface area contributed by atoms with Crippen molar-refractivity contribution in [1.29, 1.82) is 0 Å². The molecule has 2 rings (SSSR count). The van der Waals surface area contributed by atoms with Gasteiger partial charge in [-0.1, -0.05) is 105 Å². The van der Waals surface area contributed by atoms with Crippen LogP contribution < -0.4 is 10.4 Å². The molecule has 0 aliphatic rings. The zero-order valence-electron chi connectivity index (χ0n) is 12.2. The van der Waals surface area contributed by atoms with Crippen molar-refractivity contribution in [3.05, 3.63) is 60.7 Å². The summed E-state index contributed by atoms with van der Waals surface area (Å²) in [5.74, 6) is 0. The van der Waals surface area contributed by atoms with E-state index in [9.17, 15) is 0 Å². The standard InChI is InChI=1S/C18H23Si/c1-4-15-18(2,3)19(16-11-7-5-8-12-16)17-13-9-6-10-14-17/h5-14H,4,15H2,1-3H3. The van der Waals surface area contributed by atoms with Gasteiger partial charge in [-0.05, 0) is 5.04 Å². The van der Waals surface area contributed by atoms with Crippen molar-refractivity contribution in [1.82, 2.24) is 0 Å². The van der Waals surface area contributed by atoms with E-state index in [4.69, 9.17) is 0 Å². The minimum atomic E-state index is -0.739. The smallest absolute Gasteiger partial charge is 0.0654 e. The van der Waals surface area contributed by atoms with Gasteiger partial charge < -0.3 is 0 Å². The number of hydrogen-bond acceptors (Lipinski definition) is 0. The molecule has 0 bridgehead atoms. The second-order valence-corrected chi connectivity index (χ2v) is 9.00. The molecule has 0 nitrogen and oxygen atoms in total. The lowest BCUT2D eigenvalue weighted by molar-refractivity contribution is 0.590. The van der Waals surface area contributed by atoms with Gasteiger partial charge in [0, 0.05) is 0 Å². The van der Waals surface area contributed by atoms with E-state index >= 15 is 0 Å². The molecule has 0 fully saturated rings. The van der Waals surface area contributed by atoms with Gasteiger partial charge in [-0.25, -0.2) is 0 Å². The van der Waals surface area contributed by atoms with Gasteiger partial charge in [0.1, 0.15) is 8.80 Å². The van der Waals surface area contributed by atoms with Crippen LogP contribution in [0.3, 0.4) is 0 Å². The van der Waals surface area contributed by atoms with E-state index in [2.05, 4.69) is 81.4 Å². The van der Waals surface area contributed by atoms with Gasteiger partial charge >= 0.3 is 0 Å². The van der Waals surface area contributed by atoms with Crippen molar-refractivity contribution in [3.63, 3.8) is 0 Å². The van der Waals surface area contributed by atoms with Gasteiger partial charge in [-0.15, -0.1) is 0 Å². The Kier molecular flexibility index (Phi) is 4.59. The van der Waals surface area contributed by atoms with Crippen LogP contribution in [0, 0.1) is 0 Å². The molecule has 0 unspecified atom stereocenters. The zero-order valence-corrected chi connectivity index (χ0v) is 13.2. The van der Waals surface area contributed by atoms with Crippen LogP contribution in [0.5, 0.6) is 0 Å². The summed E-state index contributed by atoms with van der Waals surface area (Å²) < 4.78 is 0. The van der Waals surface area contributed by atoms with E-state index in [1.165, 1.54) is 23.2 Å². The second-order valence-electron chi connectivity index (χ2n) is 5.74. The fourth-order valence-corrected chi connectivity index (χ4v) is 6.36. The predicted molar refractivity (Wildman–Crippen MR) is 86.9 cm³/mol. The van der Waals surface area contributed by atoms with Crippen LogP contribution in [-0.4, -0.2) is 8.80 Å². The van der Waals surface area contributed by atoms with Crippen LogP contribution in [0.4, 0.5) is 0 Å². The van der Waals surface area contributed by atoms with Crippen molar-refractivity contribution >= 4 is 19.2 Å². The molecule has 19 heavy (non-hydrogen) atoms. The minimum absolute atomic E-state index is 0.377. The van der Waals surface area contributed by atoms with Gasteiger partial charge in [-0.3, -0.25) is 0 Å². The molecular weight excluding hydrogens is 244 g/mol. The molecule has 0 heterocycles. The highest BCUT2D eigenvalue weighted by Crippen LogP contribution is 2.33. The monoisotopic (exact) mass is 267 g/mol. The molecule has 2 aromatic carbocycles. The van der Waals surface area contributed by atoms with Crippen LogP contribution in [0.15, 0.2) is 60.7 Å². The van der Waals surface area contributed by atoms with Gasteiger partial charge in [0.2, 0.25) is 0 Å². The average molecular weight is 267 g/mol. The number of hydrogen-bond donors (Lipinski definition) is 0. The summed E-state index contributed by atoms with van der Waals surface area (Å²) in [4.78, 5) is 0. The Hall–Kier alpha value is -1.34. The van der Waals surface area contributed by atoms with Crippen molar-refractivity contribution in [2.45, 2.75) is 38.7 Å². The molecule has 0 atom stereocenters. The highest BCUT2D eigenvalue weighted by atomic mass is 28.3. The summed E-state index contributed by atoms with van der Waals surface area (Å²) >= 11 is 0. The quantitative estimate of drug-likeness (QED) is 0.721. The highest BCUT2D eigenvalue weighted by Gasteiger charge is 2.33. The van der Waals surface area contributed by atoms with Gasteiger partial charge in [0.05, 0.1) is 0 Å². The maximum atomic E-state index is 2.44. The van der Waals surface area contributed by atoms with Gasteiger partial charge in [0.15, 0.2) is 0 Å². The van der Waals surface area contributed by atoms with Crippen LogP contribution in [0.25, 0.3) is 0 Å². The van der Waals surface area contributed by atoms with Gasteiger partial charge in [0.25, 0.3) is 0 Å². The first-order chi connectivity index (χ1) is 9.15. The molecule has 0 N–H and O–H groups in total. The normalized spacial score (nSPS) is 11.8. The van der Waals surface area contributed by atoms with Crippen molar-refractivity contribution in [3.8, 4) is 0 Å². The zero-order chi connectivity index (χ0) is 13.7.